The lowest BCUT2D eigenvalue weighted by molar-refractivity contribution is -0.158. The zero-order valence-electron chi connectivity index (χ0n) is 18.2. The highest BCUT2D eigenvalue weighted by molar-refractivity contribution is 6.00. The minimum atomic E-state index is -2.33. The number of fused-ring (bicyclic) bond motifs is 2. The van der Waals surface area contributed by atoms with E-state index in [0.29, 0.717) is 22.2 Å². The van der Waals surface area contributed by atoms with Crippen LogP contribution in [0.15, 0.2) is 30.5 Å². The van der Waals surface area contributed by atoms with E-state index in [0.717, 1.165) is 5.69 Å². The average molecular weight is 457 g/mol. The van der Waals surface area contributed by atoms with Gasteiger partial charge in [0.15, 0.2) is 17.4 Å². The first-order valence-electron chi connectivity index (χ1n) is 10.6. The molecule has 0 aliphatic heterocycles. The molecule has 0 amide bonds. The number of alkyl halides is 1. The molecule has 9 heteroatoms. The molecular formula is C24H22F3N3O3. The van der Waals surface area contributed by atoms with E-state index in [1.807, 2.05) is 18.4 Å². The maximum absolute atomic E-state index is 15.8. The Kier molecular flexibility index (Phi) is 4.70. The maximum atomic E-state index is 15.8. The van der Waals surface area contributed by atoms with Crippen LogP contribution in [0.2, 0.25) is 0 Å². The van der Waals surface area contributed by atoms with Gasteiger partial charge in [0.25, 0.3) is 0 Å². The Hall–Kier alpha value is -3.49. The Balaban J connectivity index is 1.86. The van der Waals surface area contributed by atoms with Gasteiger partial charge in [-0.2, -0.15) is 5.10 Å². The Morgan fingerprint density at radius 1 is 1.30 bits per heavy atom. The molecule has 2 N–H and O–H groups in total. The van der Waals surface area contributed by atoms with Gasteiger partial charge in [0.2, 0.25) is 5.67 Å². The van der Waals surface area contributed by atoms with Crippen molar-refractivity contribution < 1.29 is 27.8 Å². The highest BCUT2D eigenvalue weighted by atomic mass is 19.1. The molecular weight excluding hydrogens is 435 g/mol. The van der Waals surface area contributed by atoms with Crippen molar-refractivity contribution in [1.29, 1.82) is 0 Å². The van der Waals surface area contributed by atoms with E-state index in [9.17, 15) is 18.7 Å². The summed E-state index contributed by atoms with van der Waals surface area (Å²) in [6.07, 6.45) is 1.03. The summed E-state index contributed by atoms with van der Waals surface area (Å²) in [6, 6.07) is 6.15. The topological polar surface area (TPSA) is 80.1 Å². The summed E-state index contributed by atoms with van der Waals surface area (Å²) in [5, 5.41) is 16.7. The fraction of sp³-hybridized carbons (Fsp3) is 0.333. The minimum Gasteiger partial charge on any atom is -0.494 e. The largest absolute Gasteiger partial charge is 0.494 e. The molecule has 1 aliphatic carbocycles. The molecule has 0 radical (unpaired) electrons. The summed E-state index contributed by atoms with van der Waals surface area (Å²) < 4.78 is 51.7. The first kappa shape index (κ1) is 21.4. The van der Waals surface area contributed by atoms with Gasteiger partial charge in [0, 0.05) is 28.2 Å². The number of carbonyl (C=O) groups is 1. The molecule has 6 nitrogen and oxygen atoms in total. The highest BCUT2D eigenvalue weighted by Gasteiger charge is 2.53. The molecule has 1 fully saturated rings. The molecule has 2 aromatic carbocycles. The summed E-state index contributed by atoms with van der Waals surface area (Å²) in [5.41, 5.74) is 0.250. The molecule has 0 bridgehead atoms. The number of carboxylic acids is 1. The van der Waals surface area contributed by atoms with Gasteiger partial charge in [0.05, 0.1) is 18.8 Å². The van der Waals surface area contributed by atoms with Crippen molar-refractivity contribution in [3.05, 3.63) is 53.4 Å². The van der Waals surface area contributed by atoms with Crippen LogP contribution in [0.1, 0.15) is 49.8 Å². The maximum Gasteiger partial charge on any atom is 0.341 e. The smallest absolute Gasteiger partial charge is 0.341 e. The molecule has 2 heterocycles. The lowest BCUT2D eigenvalue weighted by Crippen LogP contribution is -2.45. The van der Waals surface area contributed by atoms with Crippen LogP contribution in [0.3, 0.4) is 0 Å². The molecule has 0 spiro atoms. The zero-order chi connectivity index (χ0) is 23.7. The van der Waals surface area contributed by atoms with Crippen molar-refractivity contribution in [1.82, 2.24) is 14.8 Å². The minimum absolute atomic E-state index is 0.0350. The molecule has 2 aromatic heterocycles. The Morgan fingerprint density at radius 2 is 2.03 bits per heavy atom. The van der Waals surface area contributed by atoms with Crippen LogP contribution in [-0.2, 0) is 4.79 Å². The second-order valence-corrected chi connectivity index (χ2v) is 8.90. The first-order chi connectivity index (χ1) is 15.7. The number of aliphatic carboxylic acids is 1. The monoisotopic (exact) mass is 457 g/mol. The molecule has 172 valence electrons. The van der Waals surface area contributed by atoms with Gasteiger partial charge in [-0.1, -0.05) is 13.8 Å². The van der Waals surface area contributed by atoms with Gasteiger partial charge >= 0.3 is 5.97 Å². The van der Waals surface area contributed by atoms with Gasteiger partial charge in [-0.25, -0.2) is 18.0 Å². The zero-order valence-corrected chi connectivity index (χ0v) is 18.2. The van der Waals surface area contributed by atoms with Crippen LogP contribution in [0, 0.1) is 11.6 Å². The summed E-state index contributed by atoms with van der Waals surface area (Å²) in [7, 11) is 1.36. The van der Waals surface area contributed by atoms with Crippen LogP contribution >= 0.6 is 0 Å². The lowest BCUT2D eigenvalue weighted by Gasteiger charge is -2.39. The van der Waals surface area contributed by atoms with Crippen LogP contribution in [0.4, 0.5) is 13.2 Å². The third-order valence-corrected chi connectivity index (χ3v) is 6.55. The number of hydrogen-bond acceptors (Lipinski definition) is 3. The van der Waals surface area contributed by atoms with Gasteiger partial charge < -0.3 is 14.4 Å². The van der Waals surface area contributed by atoms with Gasteiger partial charge in [-0.3, -0.25) is 5.10 Å². The summed E-state index contributed by atoms with van der Waals surface area (Å²) in [4.78, 5) is 11.4. The quantitative estimate of drug-likeness (QED) is 0.410. The number of nitrogens with one attached hydrogen (secondary N) is 1. The number of halogens is 3. The lowest BCUT2D eigenvalue weighted by atomic mass is 9.68. The Bertz CT molecular complexity index is 1420. The second kappa shape index (κ2) is 7.26. The normalized spacial score (nSPS) is 20.5. The molecule has 1 saturated carbocycles. The highest BCUT2D eigenvalue weighted by Crippen LogP contribution is 2.53. The van der Waals surface area contributed by atoms with E-state index in [1.54, 1.807) is 12.1 Å². The van der Waals surface area contributed by atoms with Crippen molar-refractivity contribution in [2.45, 2.75) is 44.2 Å². The third-order valence-electron chi connectivity index (χ3n) is 6.55. The third kappa shape index (κ3) is 3.02. The molecule has 4 aromatic rings. The summed E-state index contributed by atoms with van der Waals surface area (Å²) >= 11 is 0. The SMILES string of the molecule is COc1cc(-n2c(C(C)C)c([C@H]3C[C@](F)(C(=O)O)C3)c3c(F)c4[nH]ncc4cc32)ccc1F. The average Bonchev–Trinajstić information content (AvgIpc) is 3.35. The van der Waals surface area contributed by atoms with E-state index >= 15 is 4.39 Å². The number of nitrogens with zero attached hydrogens (tertiary/aromatic N) is 2. The number of H-pyrrole nitrogens is 1. The van der Waals surface area contributed by atoms with Crippen molar-refractivity contribution in [2.75, 3.05) is 7.11 Å². The van der Waals surface area contributed by atoms with Crippen molar-refractivity contribution >= 4 is 27.8 Å². The van der Waals surface area contributed by atoms with E-state index in [2.05, 4.69) is 10.2 Å². The summed E-state index contributed by atoms with van der Waals surface area (Å²) in [5.74, 6) is -3.14. The standard InChI is InChI=1S/C24H22F3N3O3/c1-11(2)22-18(13-8-24(27,9-13)23(31)32)19-16(6-12-10-28-29-21(12)20(19)26)30(22)14-4-5-15(25)17(7-14)33-3/h4-7,10-11,13H,8-9H2,1-3H3,(H,28,29)(H,31,32)/t13-,24+. The Morgan fingerprint density at radius 3 is 2.67 bits per heavy atom. The van der Waals surface area contributed by atoms with Gasteiger partial charge in [-0.15, -0.1) is 0 Å². The number of rotatable bonds is 5. The van der Waals surface area contributed by atoms with Crippen LogP contribution in [0.25, 0.3) is 27.5 Å². The number of ether oxygens (including phenoxy) is 1. The van der Waals surface area contributed by atoms with Gasteiger partial charge in [-0.05, 0) is 48.4 Å². The fourth-order valence-electron chi connectivity index (χ4n) is 5.00. The number of carboxylic acid groups (broad SMARTS) is 1. The van der Waals surface area contributed by atoms with Gasteiger partial charge in [0.1, 0.15) is 5.52 Å². The van der Waals surface area contributed by atoms with Crippen molar-refractivity contribution in [2.24, 2.45) is 0 Å². The van der Waals surface area contributed by atoms with E-state index in [1.165, 1.54) is 25.4 Å². The van der Waals surface area contributed by atoms with Crippen LogP contribution in [-0.4, -0.2) is 38.6 Å². The number of aromatic amines is 1. The number of aromatic nitrogens is 3. The predicted octanol–water partition coefficient (Wildman–Crippen LogP) is 5.59. The molecule has 0 atom stereocenters. The molecule has 33 heavy (non-hydrogen) atoms. The Labute approximate surface area is 187 Å². The molecule has 0 saturated heterocycles. The fourth-order valence-corrected chi connectivity index (χ4v) is 5.00. The van der Waals surface area contributed by atoms with E-state index in [-0.39, 0.29) is 35.4 Å². The number of hydrogen-bond donors (Lipinski definition) is 2. The van der Waals surface area contributed by atoms with Crippen molar-refractivity contribution in [3.63, 3.8) is 0 Å². The van der Waals surface area contributed by atoms with Crippen molar-refractivity contribution in [3.8, 4) is 11.4 Å². The molecule has 0 unspecified atom stereocenters. The van der Waals surface area contributed by atoms with E-state index in [4.69, 9.17) is 4.74 Å². The van der Waals surface area contributed by atoms with E-state index < -0.39 is 29.2 Å². The van der Waals surface area contributed by atoms with Crippen LogP contribution in [0.5, 0.6) is 5.75 Å². The molecule has 5 rings (SSSR count). The second-order valence-electron chi connectivity index (χ2n) is 8.90. The summed E-state index contributed by atoms with van der Waals surface area (Å²) in [6.45, 7) is 3.86. The number of benzene rings is 2. The molecule has 1 aliphatic rings. The predicted molar refractivity (Wildman–Crippen MR) is 117 cm³/mol. The number of methoxy groups -OCH3 is 1. The van der Waals surface area contributed by atoms with Crippen LogP contribution < -0.4 is 4.74 Å². The first-order valence-corrected chi connectivity index (χ1v) is 10.6.